The van der Waals surface area contributed by atoms with Gasteiger partial charge in [-0.1, -0.05) is 170 Å². The molecule has 0 spiro atoms. The molecule has 6 heteroatoms. The standard InChI is InChI=1S/C12H24N.2C9H13.C4H10N.2C2H7Si.2Ti/c13-12-10-8-6-4-2-1-3-5-7-9-11-12;2*1-6-5-7(2)9(4)8(6)3;1-3-4(2)5;2*1-3-2;;/h12-13H,1-11H2;2*6H,1-4H3;4-5H,3H2,1-2H3;2*3H,1-2H3;;/q4*-1;;;2*+2. The van der Waals surface area contributed by atoms with Crippen LogP contribution in [0.1, 0.15) is 146 Å². The van der Waals surface area contributed by atoms with Crippen LogP contribution in [0.4, 0.5) is 0 Å². The smallest absolute Gasteiger partial charge is 0.675 e. The van der Waals surface area contributed by atoms with E-state index in [1.54, 1.807) is 0 Å². The van der Waals surface area contributed by atoms with E-state index in [9.17, 15) is 0 Å². The van der Waals surface area contributed by atoms with Gasteiger partial charge in [0.25, 0.3) is 0 Å². The Bertz CT molecular complexity index is 715. The van der Waals surface area contributed by atoms with Crippen molar-refractivity contribution in [2.45, 2.75) is 185 Å². The van der Waals surface area contributed by atoms with E-state index < -0.39 is 0 Å². The zero-order valence-electron chi connectivity index (χ0n) is 31.9. The molecule has 1 saturated carbocycles. The van der Waals surface area contributed by atoms with Crippen LogP contribution in [0.3, 0.4) is 0 Å². The third-order valence-corrected chi connectivity index (χ3v) is 8.19. The summed E-state index contributed by atoms with van der Waals surface area (Å²) in [6, 6.07) is 0.384. The average Bonchev–Trinajstić information content (AvgIpc) is 3.29. The topological polar surface area (TPSA) is 47.6 Å². The molecule has 0 amide bonds. The van der Waals surface area contributed by atoms with Gasteiger partial charge in [0.15, 0.2) is 0 Å². The SMILES string of the molecule is CC1=[C-]C(C)C(C)=C1C.CC1=[C-]C(C)C(C)=C1C.CCC(C)[NH-].C[SiH]C.C[SiH]C.[NH-]C1CCCCCCCCCCC1.[Ti+2].[Ti+2]. The molecule has 2 N–H and O–H groups in total. The summed E-state index contributed by atoms with van der Waals surface area (Å²) < 4.78 is 0. The van der Waals surface area contributed by atoms with Crippen molar-refractivity contribution in [3.63, 3.8) is 0 Å². The second kappa shape index (κ2) is 36.6. The Morgan fingerprint density at radius 3 is 1.00 bits per heavy atom. The number of nitrogens with one attached hydrogen (secondary N) is 2. The maximum atomic E-state index is 7.80. The molecule has 0 bridgehead atoms. The largest absolute Gasteiger partial charge is 2.00 e. The molecular weight excluding hydrogens is 636 g/mol. The third kappa shape index (κ3) is 31.3. The molecule has 3 rings (SSSR count). The van der Waals surface area contributed by atoms with Gasteiger partial charge in [-0.3, -0.25) is 12.2 Å². The summed E-state index contributed by atoms with van der Waals surface area (Å²) >= 11 is 0. The first-order valence-electron chi connectivity index (χ1n) is 17.2. The summed E-state index contributed by atoms with van der Waals surface area (Å²) in [4.78, 5) is 0. The minimum atomic E-state index is 0. The second-order valence-corrected chi connectivity index (χ2v) is 14.8. The van der Waals surface area contributed by atoms with E-state index in [-0.39, 0.29) is 55.5 Å². The van der Waals surface area contributed by atoms with Crippen molar-refractivity contribution < 1.29 is 43.4 Å². The predicted octanol–water partition coefficient (Wildman–Crippen LogP) is 13.0. The average molecular weight is 711 g/mol. The summed E-state index contributed by atoms with van der Waals surface area (Å²) in [6.45, 7) is 30.1. The Kier molecular flexibility index (Phi) is 45.1. The van der Waals surface area contributed by atoms with E-state index in [1.165, 1.54) is 91.2 Å². The van der Waals surface area contributed by atoms with Gasteiger partial charge >= 0.3 is 43.4 Å². The number of hydrogen-bond donors (Lipinski definition) is 0. The van der Waals surface area contributed by atoms with E-state index in [2.05, 4.69) is 93.7 Å². The summed E-state index contributed by atoms with van der Waals surface area (Å²) in [5, 5.41) is 0. The summed E-state index contributed by atoms with van der Waals surface area (Å²) in [6.07, 6.45) is 22.5. The zero-order valence-corrected chi connectivity index (χ0v) is 37.4. The molecule has 2 radical (unpaired) electrons. The molecule has 0 saturated heterocycles. The van der Waals surface area contributed by atoms with Gasteiger partial charge in [-0.2, -0.15) is 22.3 Å². The van der Waals surface area contributed by atoms with Crippen LogP contribution >= 0.6 is 0 Å². The van der Waals surface area contributed by atoms with Crippen molar-refractivity contribution in [1.82, 2.24) is 0 Å². The first-order valence-corrected chi connectivity index (χ1v) is 21.8. The zero-order chi connectivity index (χ0) is 33.1. The van der Waals surface area contributed by atoms with Crippen molar-refractivity contribution in [2.75, 3.05) is 0 Å². The van der Waals surface area contributed by atoms with Gasteiger partial charge in [0.1, 0.15) is 0 Å². The molecule has 0 aromatic heterocycles. The Morgan fingerprint density at radius 1 is 0.636 bits per heavy atom. The van der Waals surface area contributed by atoms with E-state index in [1.807, 2.05) is 13.8 Å². The van der Waals surface area contributed by atoms with Crippen LogP contribution in [0.2, 0.25) is 26.2 Å². The quantitative estimate of drug-likeness (QED) is 0.192. The van der Waals surface area contributed by atoms with Gasteiger partial charge in [-0.05, 0) is 0 Å². The summed E-state index contributed by atoms with van der Waals surface area (Å²) in [5.74, 6) is 1.12. The van der Waals surface area contributed by atoms with Gasteiger partial charge in [-0.25, -0.2) is 11.1 Å². The molecule has 0 heterocycles. The van der Waals surface area contributed by atoms with Crippen LogP contribution in [0.5, 0.6) is 0 Å². The monoisotopic (exact) mass is 710 g/mol. The van der Waals surface area contributed by atoms with Gasteiger partial charge in [0.2, 0.25) is 0 Å². The Hall–Kier alpha value is 0.742. The molecule has 0 aromatic rings. The fourth-order valence-electron chi connectivity index (χ4n) is 4.49. The molecule has 3 aliphatic carbocycles. The third-order valence-electron chi connectivity index (χ3n) is 8.19. The molecule has 44 heavy (non-hydrogen) atoms. The molecule has 3 aliphatic rings. The summed E-state index contributed by atoms with van der Waals surface area (Å²) in [7, 11) is 1.50. The Morgan fingerprint density at radius 2 is 0.864 bits per heavy atom. The van der Waals surface area contributed by atoms with Crippen LogP contribution in [0.15, 0.2) is 33.4 Å². The molecule has 0 aromatic carbocycles. The van der Waals surface area contributed by atoms with E-state index in [4.69, 9.17) is 11.5 Å². The van der Waals surface area contributed by atoms with Crippen LogP contribution < -0.4 is 0 Å². The van der Waals surface area contributed by atoms with Crippen molar-refractivity contribution in [1.29, 1.82) is 0 Å². The van der Waals surface area contributed by atoms with E-state index >= 15 is 0 Å². The fourth-order valence-corrected chi connectivity index (χ4v) is 4.49. The van der Waals surface area contributed by atoms with Crippen molar-refractivity contribution in [3.05, 3.63) is 57.1 Å². The van der Waals surface area contributed by atoms with Crippen LogP contribution in [0.25, 0.3) is 11.5 Å². The predicted molar refractivity (Wildman–Crippen MR) is 201 cm³/mol. The van der Waals surface area contributed by atoms with Crippen LogP contribution in [-0.2, 0) is 43.4 Å². The van der Waals surface area contributed by atoms with Gasteiger partial charge in [-0.15, -0.1) is 25.9 Å². The second-order valence-electron chi connectivity index (χ2n) is 12.5. The number of hydrogen-bond acceptors (Lipinski definition) is 0. The van der Waals surface area contributed by atoms with Crippen molar-refractivity contribution in [2.24, 2.45) is 11.8 Å². The molecule has 252 valence electrons. The molecular formula is C38H74N2Si2Ti2. The van der Waals surface area contributed by atoms with E-state index in [0.29, 0.717) is 11.8 Å². The number of rotatable bonds is 1. The first-order chi connectivity index (χ1) is 19.7. The minimum absolute atomic E-state index is 0. The van der Waals surface area contributed by atoms with Crippen LogP contribution in [-0.4, -0.2) is 31.1 Å². The van der Waals surface area contributed by atoms with Crippen molar-refractivity contribution >= 4 is 19.0 Å². The van der Waals surface area contributed by atoms with Gasteiger partial charge in [0, 0.05) is 19.0 Å². The van der Waals surface area contributed by atoms with Crippen molar-refractivity contribution in [3.8, 4) is 0 Å². The Balaban J connectivity index is -0.000000147. The van der Waals surface area contributed by atoms with E-state index in [0.717, 1.165) is 38.3 Å². The van der Waals surface area contributed by atoms with Gasteiger partial charge < -0.3 is 11.5 Å². The Labute approximate surface area is 313 Å². The molecule has 3 atom stereocenters. The fraction of sp³-hybridized carbons (Fsp3) is 0.789. The minimum Gasteiger partial charge on any atom is -0.675 e. The van der Waals surface area contributed by atoms with Gasteiger partial charge in [0.05, 0.1) is 0 Å². The molecule has 0 aliphatic heterocycles. The molecule has 2 nitrogen and oxygen atoms in total. The maximum absolute atomic E-state index is 7.80. The normalized spacial score (nSPS) is 20.9. The maximum Gasteiger partial charge on any atom is 2.00 e. The summed E-state index contributed by atoms with van der Waals surface area (Å²) in [5.41, 5.74) is 23.1. The first kappa shape index (κ1) is 54.2. The molecule has 1 fully saturated rings. The number of allylic oxidation sites excluding steroid dienone is 8. The molecule has 3 unspecified atom stereocenters. The van der Waals surface area contributed by atoms with Crippen LogP contribution in [0, 0.1) is 24.0 Å².